The molecule has 2 rings (SSSR count). The van der Waals surface area contributed by atoms with E-state index in [0.717, 1.165) is 30.3 Å². The van der Waals surface area contributed by atoms with Gasteiger partial charge in [-0.3, -0.25) is 0 Å². The predicted octanol–water partition coefficient (Wildman–Crippen LogP) is 2.82. The van der Waals surface area contributed by atoms with Crippen LogP contribution in [0, 0.1) is 0 Å². The van der Waals surface area contributed by atoms with E-state index in [9.17, 15) is 13.2 Å². The zero-order valence-corrected chi connectivity index (χ0v) is 9.56. The van der Waals surface area contributed by atoms with E-state index in [1.807, 2.05) is 7.05 Å². The normalized spacial score (nSPS) is 19.6. The van der Waals surface area contributed by atoms with Gasteiger partial charge >= 0.3 is 6.18 Å². The van der Waals surface area contributed by atoms with Gasteiger partial charge in [0.25, 0.3) is 0 Å². The summed E-state index contributed by atoms with van der Waals surface area (Å²) < 4.78 is 37.9. The van der Waals surface area contributed by atoms with Gasteiger partial charge in [0.1, 0.15) is 0 Å². The maximum Gasteiger partial charge on any atom is 0.416 e. The lowest BCUT2D eigenvalue weighted by Crippen LogP contribution is -2.25. The summed E-state index contributed by atoms with van der Waals surface area (Å²) in [6.07, 6.45) is -3.41. The molecule has 1 atom stereocenters. The van der Waals surface area contributed by atoms with E-state index in [0.29, 0.717) is 6.54 Å². The summed E-state index contributed by atoms with van der Waals surface area (Å²) in [4.78, 5) is 0. The lowest BCUT2D eigenvalue weighted by atomic mass is 9.89. The number of likely N-dealkylation sites (N-methyl/N-ethyl adjacent to an activating group) is 1. The Bertz CT molecular complexity index is 401. The molecule has 1 aliphatic rings. The molecule has 0 saturated heterocycles. The third-order valence-corrected chi connectivity index (χ3v) is 3.08. The number of fused-ring (bicyclic) bond motifs is 1. The summed E-state index contributed by atoms with van der Waals surface area (Å²) in [5, 5.41) is 6.16. The molecule has 0 bridgehead atoms. The Morgan fingerprint density at radius 2 is 2.18 bits per heavy atom. The van der Waals surface area contributed by atoms with Crippen LogP contribution in [0.2, 0.25) is 0 Å². The molecule has 0 saturated carbocycles. The summed E-state index contributed by atoms with van der Waals surface area (Å²) in [5.74, 6) is 0.151. The van der Waals surface area contributed by atoms with Crippen LogP contribution in [-0.2, 0) is 6.18 Å². The quantitative estimate of drug-likeness (QED) is 0.836. The highest BCUT2D eigenvalue weighted by molar-refractivity contribution is 5.56. The third kappa shape index (κ3) is 2.54. The summed E-state index contributed by atoms with van der Waals surface area (Å²) in [6.45, 7) is 1.51. The van der Waals surface area contributed by atoms with E-state index in [1.165, 1.54) is 12.1 Å². The summed E-state index contributed by atoms with van der Waals surface area (Å²) in [7, 11) is 1.81. The van der Waals surface area contributed by atoms with E-state index < -0.39 is 11.7 Å². The Hall–Kier alpha value is -1.23. The van der Waals surface area contributed by atoms with E-state index in [1.54, 1.807) is 0 Å². The van der Waals surface area contributed by atoms with Crippen LogP contribution in [-0.4, -0.2) is 20.1 Å². The van der Waals surface area contributed by atoms with Crippen molar-refractivity contribution in [2.45, 2.75) is 18.5 Å². The minimum atomic E-state index is -4.27. The fraction of sp³-hybridized carbons (Fsp3) is 0.500. The fourth-order valence-corrected chi connectivity index (χ4v) is 2.23. The molecule has 2 nitrogen and oxygen atoms in total. The van der Waals surface area contributed by atoms with Crippen molar-refractivity contribution in [1.82, 2.24) is 5.32 Å². The van der Waals surface area contributed by atoms with Crippen LogP contribution < -0.4 is 10.6 Å². The zero-order chi connectivity index (χ0) is 12.5. The molecule has 1 aromatic carbocycles. The highest BCUT2D eigenvalue weighted by Crippen LogP contribution is 2.37. The van der Waals surface area contributed by atoms with Crippen LogP contribution in [0.4, 0.5) is 18.9 Å². The lowest BCUT2D eigenvalue weighted by molar-refractivity contribution is -0.137. The monoisotopic (exact) mass is 244 g/mol. The van der Waals surface area contributed by atoms with Crippen LogP contribution in [0.25, 0.3) is 0 Å². The Labute approximate surface area is 98.2 Å². The number of anilines is 1. The molecule has 0 radical (unpaired) electrons. The predicted molar refractivity (Wildman–Crippen MR) is 61.2 cm³/mol. The average Bonchev–Trinajstić information content (AvgIpc) is 2.28. The van der Waals surface area contributed by atoms with Crippen molar-refractivity contribution in [3.8, 4) is 0 Å². The number of hydrogen-bond donors (Lipinski definition) is 2. The SMILES string of the molecule is CNCC1CCNc2ccc(C(F)(F)F)cc21. The molecule has 0 aliphatic carbocycles. The van der Waals surface area contributed by atoms with Gasteiger partial charge in [-0.05, 0) is 37.2 Å². The van der Waals surface area contributed by atoms with Crippen molar-refractivity contribution in [2.75, 3.05) is 25.5 Å². The Balaban J connectivity index is 2.37. The Morgan fingerprint density at radius 1 is 1.41 bits per heavy atom. The van der Waals surface area contributed by atoms with Gasteiger partial charge < -0.3 is 10.6 Å². The van der Waals surface area contributed by atoms with Gasteiger partial charge in [0.2, 0.25) is 0 Å². The summed E-state index contributed by atoms with van der Waals surface area (Å²) in [5.41, 5.74) is 1.02. The maximum atomic E-state index is 12.6. The summed E-state index contributed by atoms with van der Waals surface area (Å²) in [6, 6.07) is 3.93. The molecular weight excluding hydrogens is 229 g/mol. The molecule has 1 heterocycles. The first kappa shape index (κ1) is 12.2. The average molecular weight is 244 g/mol. The number of benzene rings is 1. The molecule has 17 heavy (non-hydrogen) atoms. The first-order valence-corrected chi connectivity index (χ1v) is 5.62. The molecule has 94 valence electrons. The van der Waals surface area contributed by atoms with Crippen LogP contribution in [0.3, 0.4) is 0 Å². The minimum absolute atomic E-state index is 0.151. The van der Waals surface area contributed by atoms with Gasteiger partial charge in [-0.1, -0.05) is 0 Å². The van der Waals surface area contributed by atoms with Gasteiger partial charge in [0.05, 0.1) is 5.56 Å². The largest absolute Gasteiger partial charge is 0.416 e. The number of alkyl halides is 3. The number of halogens is 3. The molecule has 0 spiro atoms. The molecule has 0 fully saturated rings. The molecule has 0 aromatic heterocycles. The molecule has 0 amide bonds. The van der Waals surface area contributed by atoms with Crippen LogP contribution >= 0.6 is 0 Å². The standard InChI is InChI=1S/C12H15F3N2/c1-16-7-8-4-5-17-11-3-2-9(6-10(8)11)12(13,14)15/h2-3,6,8,16-17H,4-5,7H2,1H3. The van der Waals surface area contributed by atoms with Crippen molar-refractivity contribution >= 4 is 5.69 Å². The highest BCUT2D eigenvalue weighted by Gasteiger charge is 2.32. The van der Waals surface area contributed by atoms with Gasteiger partial charge in [-0.15, -0.1) is 0 Å². The van der Waals surface area contributed by atoms with E-state index in [2.05, 4.69) is 10.6 Å². The molecular formula is C12H15F3N2. The fourth-order valence-electron chi connectivity index (χ4n) is 2.23. The zero-order valence-electron chi connectivity index (χ0n) is 9.56. The number of hydrogen-bond acceptors (Lipinski definition) is 2. The minimum Gasteiger partial charge on any atom is -0.385 e. The first-order chi connectivity index (χ1) is 8.02. The first-order valence-electron chi connectivity index (χ1n) is 5.62. The smallest absolute Gasteiger partial charge is 0.385 e. The topological polar surface area (TPSA) is 24.1 Å². The van der Waals surface area contributed by atoms with Crippen LogP contribution in [0.5, 0.6) is 0 Å². The van der Waals surface area contributed by atoms with Gasteiger partial charge in [0.15, 0.2) is 0 Å². The highest BCUT2D eigenvalue weighted by atomic mass is 19.4. The van der Waals surface area contributed by atoms with Crippen LogP contribution in [0.1, 0.15) is 23.5 Å². The number of rotatable bonds is 2. The van der Waals surface area contributed by atoms with Gasteiger partial charge in [-0.2, -0.15) is 13.2 Å². The molecule has 1 unspecified atom stereocenters. The van der Waals surface area contributed by atoms with Crippen molar-refractivity contribution in [3.63, 3.8) is 0 Å². The molecule has 2 N–H and O–H groups in total. The van der Waals surface area contributed by atoms with Crippen molar-refractivity contribution in [3.05, 3.63) is 29.3 Å². The second-order valence-electron chi connectivity index (χ2n) is 4.27. The molecule has 5 heteroatoms. The Kier molecular flexibility index (Phi) is 3.28. The van der Waals surface area contributed by atoms with Crippen molar-refractivity contribution < 1.29 is 13.2 Å². The van der Waals surface area contributed by atoms with Gasteiger partial charge in [0, 0.05) is 24.7 Å². The van der Waals surface area contributed by atoms with Crippen molar-refractivity contribution in [2.24, 2.45) is 0 Å². The van der Waals surface area contributed by atoms with E-state index in [4.69, 9.17) is 0 Å². The van der Waals surface area contributed by atoms with E-state index >= 15 is 0 Å². The maximum absolute atomic E-state index is 12.6. The summed E-state index contributed by atoms with van der Waals surface area (Å²) >= 11 is 0. The lowest BCUT2D eigenvalue weighted by Gasteiger charge is -2.27. The third-order valence-electron chi connectivity index (χ3n) is 3.08. The second kappa shape index (κ2) is 4.56. The molecule has 1 aliphatic heterocycles. The van der Waals surface area contributed by atoms with E-state index in [-0.39, 0.29) is 5.92 Å². The second-order valence-corrected chi connectivity index (χ2v) is 4.27. The van der Waals surface area contributed by atoms with Gasteiger partial charge in [-0.25, -0.2) is 0 Å². The van der Waals surface area contributed by atoms with Crippen molar-refractivity contribution in [1.29, 1.82) is 0 Å². The Morgan fingerprint density at radius 3 is 2.82 bits per heavy atom. The number of nitrogens with one attached hydrogen (secondary N) is 2. The molecule has 1 aromatic rings. The van der Waals surface area contributed by atoms with Crippen LogP contribution in [0.15, 0.2) is 18.2 Å².